The lowest BCUT2D eigenvalue weighted by atomic mass is 10.2. The van der Waals surface area contributed by atoms with Crippen molar-refractivity contribution in [2.75, 3.05) is 5.01 Å². The van der Waals surface area contributed by atoms with Crippen LogP contribution >= 0.6 is 0 Å². The zero-order chi connectivity index (χ0) is 13.9. The Morgan fingerprint density at radius 3 is 2.00 bits per heavy atom. The summed E-state index contributed by atoms with van der Waals surface area (Å²) in [6.07, 6.45) is -1.57. The standard InChI is InChI=1S/C12H10F3N3O/c13-12(14,15)19-11-3-1-9(2-4-11)18(16)10-5-7-17-8-6-10/h1-8H,16H2. The van der Waals surface area contributed by atoms with Crippen LogP contribution < -0.4 is 15.6 Å². The van der Waals surface area contributed by atoms with Gasteiger partial charge in [0.1, 0.15) is 5.75 Å². The van der Waals surface area contributed by atoms with Crippen LogP contribution in [0.1, 0.15) is 0 Å². The first kappa shape index (κ1) is 13.2. The average molecular weight is 269 g/mol. The van der Waals surface area contributed by atoms with Crippen molar-refractivity contribution in [1.29, 1.82) is 0 Å². The van der Waals surface area contributed by atoms with Crippen molar-refractivity contribution in [3.63, 3.8) is 0 Å². The molecule has 0 unspecified atom stereocenters. The number of hydrogen-bond donors (Lipinski definition) is 1. The molecule has 100 valence electrons. The van der Waals surface area contributed by atoms with Crippen LogP contribution in [0.15, 0.2) is 48.8 Å². The zero-order valence-corrected chi connectivity index (χ0v) is 9.63. The molecule has 0 saturated carbocycles. The van der Waals surface area contributed by atoms with Crippen LogP contribution in [0.3, 0.4) is 0 Å². The first-order valence-electron chi connectivity index (χ1n) is 5.26. The van der Waals surface area contributed by atoms with Gasteiger partial charge >= 0.3 is 6.36 Å². The monoisotopic (exact) mass is 269 g/mol. The van der Waals surface area contributed by atoms with E-state index in [4.69, 9.17) is 5.84 Å². The Balaban J connectivity index is 2.15. The maximum Gasteiger partial charge on any atom is 0.573 e. The average Bonchev–Trinajstić information content (AvgIpc) is 2.38. The third-order valence-electron chi connectivity index (χ3n) is 2.29. The second-order valence-electron chi connectivity index (χ2n) is 3.62. The smallest absolute Gasteiger partial charge is 0.406 e. The Bertz CT molecular complexity index is 528. The first-order valence-corrected chi connectivity index (χ1v) is 5.26. The number of pyridine rings is 1. The van der Waals surface area contributed by atoms with Gasteiger partial charge in [-0.05, 0) is 36.4 Å². The van der Waals surface area contributed by atoms with E-state index in [9.17, 15) is 13.2 Å². The van der Waals surface area contributed by atoms with Crippen molar-refractivity contribution >= 4 is 11.4 Å². The van der Waals surface area contributed by atoms with E-state index in [1.54, 1.807) is 24.5 Å². The number of hydrazine groups is 1. The zero-order valence-electron chi connectivity index (χ0n) is 9.63. The maximum atomic E-state index is 12.0. The molecule has 7 heteroatoms. The number of aromatic nitrogens is 1. The molecule has 1 aromatic heterocycles. The van der Waals surface area contributed by atoms with Gasteiger partial charge in [0.15, 0.2) is 0 Å². The fourth-order valence-corrected chi connectivity index (χ4v) is 1.46. The Labute approximate surface area is 107 Å². The molecule has 0 fully saturated rings. The van der Waals surface area contributed by atoms with Crippen molar-refractivity contribution in [2.45, 2.75) is 6.36 Å². The van der Waals surface area contributed by atoms with Crippen LogP contribution in [0.5, 0.6) is 5.75 Å². The van der Waals surface area contributed by atoms with Gasteiger partial charge in [-0.25, -0.2) is 5.84 Å². The molecule has 0 aliphatic heterocycles. The largest absolute Gasteiger partial charge is 0.573 e. The Morgan fingerprint density at radius 2 is 1.47 bits per heavy atom. The third-order valence-corrected chi connectivity index (χ3v) is 2.29. The van der Waals surface area contributed by atoms with Crippen LogP contribution in [-0.4, -0.2) is 11.3 Å². The topological polar surface area (TPSA) is 51.4 Å². The molecule has 4 nitrogen and oxygen atoms in total. The van der Waals surface area contributed by atoms with Gasteiger partial charge in [0.2, 0.25) is 0 Å². The number of hydrogen-bond acceptors (Lipinski definition) is 4. The molecular formula is C12H10F3N3O. The molecular weight excluding hydrogens is 259 g/mol. The quantitative estimate of drug-likeness (QED) is 0.687. The number of nitrogens with two attached hydrogens (primary N) is 1. The van der Waals surface area contributed by atoms with Gasteiger partial charge in [0.05, 0.1) is 11.4 Å². The van der Waals surface area contributed by atoms with Crippen molar-refractivity contribution in [2.24, 2.45) is 5.84 Å². The minimum atomic E-state index is -4.70. The summed E-state index contributed by atoms with van der Waals surface area (Å²) in [5.41, 5.74) is 1.19. The predicted octanol–water partition coefficient (Wildman–Crippen LogP) is 2.99. The summed E-state index contributed by atoms with van der Waals surface area (Å²) >= 11 is 0. The molecule has 0 amide bonds. The summed E-state index contributed by atoms with van der Waals surface area (Å²) < 4.78 is 39.8. The molecule has 0 saturated heterocycles. The van der Waals surface area contributed by atoms with E-state index in [1.807, 2.05) is 0 Å². The van der Waals surface area contributed by atoms with Crippen LogP contribution in [-0.2, 0) is 0 Å². The summed E-state index contributed by atoms with van der Waals surface area (Å²) in [4.78, 5) is 3.85. The van der Waals surface area contributed by atoms with E-state index >= 15 is 0 Å². The normalized spacial score (nSPS) is 11.2. The van der Waals surface area contributed by atoms with Gasteiger partial charge in [0, 0.05) is 12.4 Å². The fourth-order valence-electron chi connectivity index (χ4n) is 1.46. The first-order chi connectivity index (χ1) is 8.96. The van der Waals surface area contributed by atoms with Crippen LogP contribution in [0, 0.1) is 0 Å². The number of nitrogens with zero attached hydrogens (tertiary/aromatic N) is 2. The number of ether oxygens (including phenoxy) is 1. The Hall–Kier alpha value is -2.28. The second-order valence-corrected chi connectivity index (χ2v) is 3.62. The van der Waals surface area contributed by atoms with Crippen LogP contribution in [0.2, 0.25) is 0 Å². The summed E-state index contributed by atoms with van der Waals surface area (Å²) in [5.74, 6) is 5.54. The van der Waals surface area contributed by atoms with Crippen molar-refractivity contribution in [1.82, 2.24) is 4.98 Å². The molecule has 0 spiro atoms. The molecule has 2 N–H and O–H groups in total. The molecule has 2 aromatic rings. The molecule has 0 radical (unpaired) electrons. The lowest BCUT2D eigenvalue weighted by molar-refractivity contribution is -0.274. The van der Waals surface area contributed by atoms with E-state index in [0.717, 1.165) is 0 Å². The Morgan fingerprint density at radius 1 is 0.947 bits per heavy atom. The van der Waals surface area contributed by atoms with Crippen molar-refractivity contribution in [3.05, 3.63) is 48.8 Å². The highest BCUT2D eigenvalue weighted by atomic mass is 19.4. The van der Waals surface area contributed by atoms with E-state index in [0.29, 0.717) is 11.4 Å². The highest BCUT2D eigenvalue weighted by molar-refractivity contribution is 5.61. The summed E-state index contributed by atoms with van der Waals surface area (Å²) in [6.45, 7) is 0. The van der Waals surface area contributed by atoms with Gasteiger partial charge in [-0.2, -0.15) is 0 Å². The fraction of sp³-hybridized carbons (Fsp3) is 0.0833. The second kappa shape index (κ2) is 5.15. The Kier molecular flexibility index (Phi) is 3.57. The number of benzene rings is 1. The third kappa shape index (κ3) is 3.59. The van der Waals surface area contributed by atoms with E-state index in [-0.39, 0.29) is 5.75 Å². The number of halogens is 3. The molecule has 0 aliphatic rings. The molecule has 0 bridgehead atoms. The van der Waals surface area contributed by atoms with Gasteiger partial charge < -0.3 is 4.74 Å². The number of anilines is 2. The van der Waals surface area contributed by atoms with E-state index in [1.165, 1.54) is 29.3 Å². The minimum absolute atomic E-state index is 0.292. The highest BCUT2D eigenvalue weighted by Gasteiger charge is 2.30. The highest BCUT2D eigenvalue weighted by Crippen LogP contribution is 2.26. The molecule has 0 atom stereocenters. The lowest BCUT2D eigenvalue weighted by Gasteiger charge is -2.18. The molecule has 1 aromatic carbocycles. The lowest BCUT2D eigenvalue weighted by Crippen LogP contribution is -2.24. The SMILES string of the molecule is NN(c1ccncc1)c1ccc(OC(F)(F)F)cc1. The van der Waals surface area contributed by atoms with Crippen LogP contribution in [0.25, 0.3) is 0 Å². The number of alkyl halides is 3. The molecule has 2 rings (SSSR count). The van der Waals surface area contributed by atoms with E-state index < -0.39 is 6.36 Å². The molecule has 1 heterocycles. The van der Waals surface area contributed by atoms with Gasteiger partial charge in [-0.1, -0.05) is 0 Å². The van der Waals surface area contributed by atoms with E-state index in [2.05, 4.69) is 9.72 Å². The van der Waals surface area contributed by atoms with Crippen molar-refractivity contribution < 1.29 is 17.9 Å². The summed E-state index contributed by atoms with van der Waals surface area (Å²) in [5, 5.41) is 1.33. The van der Waals surface area contributed by atoms with Gasteiger partial charge in [0.25, 0.3) is 0 Å². The predicted molar refractivity (Wildman–Crippen MR) is 63.7 cm³/mol. The summed E-state index contributed by atoms with van der Waals surface area (Å²) in [6, 6.07) is 8.62. The summed E-state index contributed by atoms with van der Waals surface area (Å²) in [7, 11) is 0. The van der Waals surface area contributed by atoms with Gasteiger partial charge in [-0.15, -0.1) is 13.2 Å². The van der Waals surface area contributed by atoms with Gasteiger partial charge in [-0.3, -0.25) is 9.99 Å². The minimum Gasteiger partial charge on any atom is -0.406 e. The maximum absolute atomic E-state index is 12.0. The molecule has 0 aliphatic carbocycles. The number of rotatable bonds is 3. The van der Waals surface area contributed by atoms with Crippen LogP contribution in [0.4, 0.5) is 24.5 Å². The molecule has 19 heavy (non-hydrogen) atoms. The van der Waals surface area contributed by atoms with Crippen molar-refractivity contribution in [3.8, 4) is 5.75 Å².